The lowest BCUT2D eigenvalue weighted by Crippen LogP contribution is -2.20. The number of ether oxygens (including phenoxy) is 1. The summed E-state index contributed by atoms with van der Waals surface area (Å²) in [6, 6.07) is 12.2. The maximum Gasteiger partial charge on any atom is 0.416 e. The fourth-order valence-corrected chi connectivity index (χ4v) is 2.84. The molecule has 0 aliphatic heterocycles. The molecule has 10 heteroatoms. The third-order valence-electron chi connectivity index (χ3n) is 4.36. The van der Waals surface area contributed by atoms with Gasteiger partial charge in [0.1, 0.15) is 11.6 Å². The molecule has 0 atom stereocenters. The number of hydrogen-bond acceptors (Lipinski definition) is 4. The molecule has 0 saturated heterocycles. The van der Waals surface area contributed by atoms with E-state index in [4.69, 9.17) is 4.74 Å². The van der Waals surface area contributed by atoms with Gasteiger partial charge >= 0.3 is 6.18 Å². The summed E-state index contributed by atoms with van der Waals surface area (Å²) < 4.78 is 45.3. The zero-order valence-corrected chi connectivity index (χ0v) is 17.3. The average molecular weight is 446 g/mol. The number of halogens is 3. The van der Waals surface area contributed by atoms with Gasteiger partial charge in [-0.05, 0) is 56.3 Å². The Morgan fingerprint density at radius 3 is 2.44 bits per heavy atom. The van der Waals surface area contributed by atoms with Crippen molar-refractivity contribution in [2.24, 2.45) is 0 Å². The van der Waals surface area contributed by atoms with Gasteiger partial charge in [-0.25, -0.2) is 4.68 Å². The van der Waals surface area contributed by atoms with Crippen LogP contribution in [-0.2, 0) is 11.0 Å². The summed E-state index contributed by atoms with van der Waals surface area (Å²) in [5.41, 5.74) is -0.468. The van der Waals surface area contributed by atoms with Crippen LogP contribution >= 0.6 is 0 Å². The Morgan fingerprint density at radius 1 is 1.06 bits per heavy atom. The van der Waals surface area contributed by atoms with Crippen LogP contribution < -0.4 is 15.4 Å². The van der Waals surface area contributed by atoms with Crippen molar-refractivity contribution in [1.82, 2.24) is 9.78 Å². The number of rotatable bonds is 7. The predicted octanol–water partition coefficient (Wildman–Crippen LogP) is 4.75. The van der Waals surface area contributed by atoms with Crippen LogP contribution in [-0.4, -0.2) is 28.2 Å². The van der Waals surface area contributed by atoms with Gasteiger partial charge in [-0.15, -0.1) is 0 Å². The molecule has 0 aliphatic rings. The average Bonchev–Trinajstić information content (AvgIpc) is 3.20. The molecule has 0 fully saturated rings. The highest BCUT2D eigenvalue weighted by Gasteiger charge is 2.30. The number of carbonyl (C=O) groups excluding carboxylic acids is 2. The molecule has 2 amide bonds. The first kappa shape index (κ1) is 22.9. The van der Waals surface area contributed by atoms with Gasteiger partial charge in [0.15, 0.2) is 6.61 Å². The van der Waals surface area contributed by atoms with Crippen LogP contribution in [0.2, 0.25) is 0 Å². The van der Waals surface area contributed by atoms with Crippen LogP contribution in [0.25, 0.3) is 0 Å². The first-order valence-corrected chi connectivity index (χ1v) is 9.68. The van der Waals surface area contributed by atoms with Gasteiger partial charge in [0.2, 0.25) is 0 Å². The molecule has 32 heavy (non-hydrogen) atoms. The Hall–Kier alpha value is -3.82. The second kappa shape index (κ2) is 9.54. The number of amides is 2. The maximum absolute atomic E-state index is 12.8. The van der Waals surface area contributed by atoms with Crippen molar-refractivity contribution in [1.29, 1.82) is 0 Å². The van der Waals surface area contributed by atoms with Crippen molar-refractivity contribution in [2.45, 2.75) is 26.1 Å². The van der Waals surface area contributed by atoms with Crippen molar-refractivity contribution in [3.63, 3.8) is 0 Å². The highest BCUT2D eigenvalue weighted by atomic mass is 19.4. The molecule has 0 spiro atoms. The lowest BCUT2D eigenvalue weighted by molar-refractivity contribution is -0.137. The fourth-order valence-electron chi connectivity index (χ4n) is 2.84. The standard InChI is InChI=1S/C22H21F3N4O3/c1-14(2)29-19(10-11-26-29)28-21(31)15-6-8-18(9-7-15)32-13-20(30)27-17-5-3-4-16(12-17)22(23,24)25/h3-12,14H,13H2,1-2H3,(H,27,30)(H,28,31). The van der Waals surface area contributed by atoms with E-state index in [1.165, 1.54) is 36.4 Å². The van der Waals surface area contributed by atoms with Crippen molar-refractivity contribution in [3.05, 3.63) is 71.9 Å². The molecule has 0 aliphatic carbocycles. The molecule has 0 unspecified atom stereocenters. The van der Waals surface area contributed by atoms with Crippen molar-refractivity contribution in [2.75, 3.05) is 17.2 Å². The molecule has 1 heterocycles. The Balaban J connectivity index is 1.54. The quantitative estimate of drug-likeness (QED) is 0.548. The van der Waals surface area contributed by atoms with E-state index in [1.807, 2.05) is 13.8 Å². The smallest absolute Gasteiger partial charge is 0.416 e. The fraction of sp³-hybridized carbons (Fsp3) is 0.227. The van der Waals surface area contributed by atoms with E-state index in [9.17, 15) is 22.8 Å². The number of nitrogens with one attached hydrogen (secondary N) is 2. The number of benzene rings is 2. The van der Waals surface area contributed by atoms with E-state index in [2.05, 4.69) is 15.7 Å². The SMILES string of the molecule is CC(C)n1nccc1NC(=O)c1ccc(OCC(=O)Nc2cccc(C(F)(F)F)c2)cc1. The Labute approximate surface area is 182 Å². The lowest BCUT2D eigenvalue weighted by Gasteiger charge is -2.12. The molecule has 1 aromatic heterocycles. The zero-order chi connectivity index (χ0) is 23.3. The first-order chi connectivity index (χ1) is 15.1. The third-order valence-corrected chi connectivity index (χ3v) is 4.36. The number of alkyl halides is 3. The molecule has 2 aromatic carbocycles. The summed E-state index contributed by atoms with van der Waals surface area (Å²) in [5.74, 6) is -0.0566. The van der Waals surface area contributed by atoms with Gasteiger partial charge in [-0.2, -0.15) is 18.3 Å². The van der Waals surface area contributed by atoms with Crippen molar-refractivity contribution < 1.29 is 27.5 Å². The van der Waals surface area contributed by atoms with Gasteiger partial charge in [0, 0.05) is 23.4 Å². The van der Waals surface area contributed by atoms with Crippen LogP contribution in [0, 0.1) is 0 Å². The van der Waals surface area contributed by atoms with E-state index >= 15 is 0 Å². The minimum atomic E-state index is -4.50. The first-order valence-electron chi connectivity index (χ1n) is 9.68. The molecule has 2 N–H and O–H groups in total. The second-order valence-electron chi connectivity index (χ2n) is 7.15. The van der Waals surface area contributed by atoms with Crippen molar-refractivity contribution in [3.8, 4) is 5.75 Å². The molecule has 7 nitrogen and oxygen atoms in total. The summed E-state index contributed by atoms with van der Waals surface area (Å²) in [4.78, 5) is 24.4. The molecule has 0 saturated carbocycles. The molecular formula is C22H21F3N4O3. The van der Waals surface area contributed by atoms with E-state index < -0.39 is 24.3 Å². The third kappa shape index (κ3) is 5.87. The maximum atomic E-state index is 12.8. The van der Waals surface area contributed by atoms with Gasteiger partial charge in [0.05, 0.1) is 11.8 Å². The summed E-state index contributed by atoms with van der Waals surface area (Å²) in [6.45, 7) is 3.48. The number of hydrogen-bond donors (Lipinski definition) is 2. The Kier molecular flexibility index (Phi) is 6.82. The number of nitrogens with zero attached hydrogens (tertiary/aromatic N) is 2. The van der Waals surface area contributed by atoms with Crippen molar-refractivity contribution >= 4 is 23.3 Å². The summed E-state index contributed by atoms with van der Waals surface area (Å²) in [7, 11) is 0. The van der Waals surface area contributed by atoms with Gasteiger partial charge in [-0.1, -0.05) is 6.07 Å². The Morgan fingerprint density at radius 2 is 1.78 bits per heavy atom. The lowest BCUT2D eigenvalue weighted by atomic mass is 10.2. The number of carbonyl (C=O) groups is 2. The van der Waals surface area contributed by atoms with Crippen LogP contribution in [0.3, 0.4) is 0 Å². The predicted molar refractivity (Wildman–Crippen MR) is 113 cm³/mol. The normalized spacial score (nSPS) is 11.3. The summed E-state index contributed by atoms with van der Waals surface area (Å²) in [6.07, 6.45) is -2.91. The monoisotopic (exact) mass is 446 g/mol. The molecule has 0 bridgehead atoms. The second-order valence-corrected chi connectivity index (χ2v) is 7.15. The minimum absolute atomic E-state index is 0.0149. The molecular weight excluding hydrogens is 425 g/mol. The van der Waals surface area contributed by atoms with Crippen LogP contribution in [0.5, 0.6) is 5.75 Å². The molecule has 3 aromatic rings. The highest BCUT2D eigenvalue weighted by Crippen LogP contribution is 2.30. The Bertz CT molecular complexity index is 1090. The minimum Gasteiger partial charge on any atom is -0.484 e. The summed E-state index contributed by atoms with van der Waals surface area (Å²) >= 11 is 0. The molecule has 3 rings (SSSR count). The van der Waals surface area contributed by atoms with Gasteiger partial charge < -0.3 is 15.4 Å². The van der Waals surface area contributed by atoms with E-state index in [1.54, 1.807) is 16.9 Å². The molecule has 168 valence electrons. The van der Waals surface area contributed by atoms with Crippen LogP contribution in [0.1, 0.15) is 35.8 Å². The van der Waals surface area contributed by atoms with Gasteiger partial charge in [-0.3, -0.25) is 9.59 Å². The van der Waals surface area contributed by atoms with E-state index in [0.29, 0.717) is 17.1 Å². The number of aromatic nitrogens is 2. The number of anilines is 2. The topological polar surface area (TPSA) is 85.2 Å². The van der Waals surface area contributed by atoms with Crippen LogP contribution in [0.4, 0.5) is 24.7 Å². The largest absolute Gasteiger partial charge is 0.484 e. The summed E-state index contributed by atoms with van der Waals surface area (Å²) in [5, 5.41) is 9.29. The zero-order valence-electron chi connectivity index (χ0n) is 17.3. The van der Waals surface area contributed by atoms with E-state index in [0.717, 1.165) is 12.1 Å². The van der Waals surface area contributed by atoms with E-state index in [-0.39, 0.29) is 17.6 Å². The van der Waals surface area contributed by atoms with Gasteiger partial charge in [0.25, 0.3) is 11.8 Å². The highest BCUT2D eigenvalue weighted by molar-refractivity contribution is 6.03. The molecule has 0 radical (unpaired) electrons. The van der Waals surface area contributed by atoms with Crippen LogP contribution in [0.15, 0.2) is 60.8 Å².